The molecule has 4 nitrogen and oxygen atoms in total. The molecule has 16 heavy (non-hydrogen) atoms. The van der Waals surface area contributed by atoms with Gasteiger partial charge in [-0.2, -0.15) is 11.3 Å². The zero-order chi connectivity index (χ0) is 11.4. The minimum atomic E-state index is -0.455. The van der Waals surface area contributed by atoms with E-state index >= 15 is 0 Å². The first-order chi connectivity index (χ1) is 7.75. The topological polar surface area (TPSA) is 61.4 Å². The monoisotopic (exact) mass is 240 g/mol. The maximum absolute atomic E-state index is 11.0. The Morgan fingerprint density at radius 2 is 2.56 bits per heavy atom. The van der Waals surface area contributed by atoms with Gasteiger partial charge < -0.3 is 15.7 Å². The maximum Gasteiger partial charge on any atom is 0.220 e. The third-order valence-electron chi connectivity index (χ3n) is 2.74. The Labute approximate surface area is 98.7 Å². The van der Waals surface area contributed by atoms with Crippen molar-refractivity contribution in [2.75, 3.05) is 13.1 Å². The van der Waals surface area contributed by atoms with Crippen LogP contribution in [0.25, 0.3) is 0 Å². The van der Waals surface area contributed by atoms with E-state index in [4.69, 9.17) is 0 Å². The number of thiophene rings is 1. The van der Waals surface area contributed by atoms with Gasteiger partial charge in [-0.1, -0.05) is 0 Å². The summed E-state index contributed by atoms with van der Waals surface area (Å²) >= 11 is 1.58. The lowest BCUT2D eigenvalue weighted by atomic mass is 10.2. The second kappa shape index (κ2) is 5.43. The summed E-state index contributed by atoms with van der Waals surface area (Å²) in [6.07, 6.45) is 1.06. The minimum absolute atomic E-state index is 0.130. The number of hydrogen-bond acceptors (Lipinski definition) is 4. The Bertz CT molecular complexity index is 340. The first-order valence-corrected chi connectivity index (χ1v) is 6.40. The molecule has 5 heteroatoms. The molecule has 2 unspecified atom stereocenters. The van der Waals surface area contributed by atoms with Gasteiger partial charge in [0, 0.05) is 25.6 Å². The van der Waals surface area contributed by atoms with Crippen molar-refractivity contribution in [2.24, 2.45) is 0 Å². The Morgan fingerprint density at radius 3 is 3.19 bits per heavy atom. The molecule has 2 atom stereocenters. The first kappa shape index (κ1) is 11.6. The molecule has 0 aliphatic carbocycles. The Balaban J connectivity index is 1.66. The van der Waals surface area contributed by atoms with Gasteiger partial charge in [-0.25, -0.2) is 0 Å². The fourth-order valence-electron chi connectivity index (χ4n) is 1.81. The Hall–Kier alpha value is -0.910. The van der Waals surface area contributed by atoms with Crippen molar-refractivity contribution in [3.8, 4) is 0 Å². The van der Waals surface area contributed by atoms with Crippen molar-refractivity contribution in [2.45, 2.75) is 25.0 Å². The van der Waals surface area contributed by atoms with Crippen LogP contribution >= 0.6 is 11.3 Å². The molecule has 0 saturated carbocycles. The summed E-state index contributed by atoms with van der Waals surface area (Å²) < 4.78 is 0. The van der Waals surface area contributed by atoms with Gasteiger partial charge in [0.15, 0.2) is 0 Å². The third-order valence-corrected chi connectivity index (χ3v) is 3.44. The molecule has 1 aliphatic rings. The largest absolute Gasteiger partial charge is 0.387 e. The molecule has 1 saturated heterocycles. The lowest BCUT2D eigenvalue weighted by molar-refractivity contribution is -0.119. The summed E-state index contributed by atoms with van der Waals surface area (Å²) in [5.41, 5.74) is 0.952. The molecule has 1 aromatic heterocycles. The van der Waals surface area contributed by atoms with Gasteiger partial charge in [0.25, 0.3) is 0 Å². The van der Waals surface area contributed by atoms with Crippen LogP contribution in [0.4, 0.5) is 0 Å². The van der Waals surface area contributed by atoms with E-state index in [1.807, 2.05) is 16.8 Å². The average molecular weight is 240 g/mol. The van der Waals surface area contributed by atoms with E-state index in [0.29, 0.717) is 13.0 Å². The average Bonchev–Trinajstić information content (AvgIpc) is 2.89. The van der Waals surface area contributed by atoms with Crippen molar-refractivity contribution in [1.29, 1.82) is 0 Å². The lowest BCUT2D eigenvalue weighted by Gasteiger charge is -2.14. The number of aliphatic hydroxyl groups excluding tert-OH is 1. The Kier molecular flexibility index (Phi) is 3.93. The number of nitrogens with one attached hydrogen (secondary N) is 2. The molecule has 88 valence electrons. The number of carbonyl (C=O) groups excluding carboxylic acids is 1. The van der Waals surface area contributed by atoms with E-state index in [1.165, 1.54) is 0 Å². The number of hydrogen-bond donors (Lipinski definition) is 3. The van der Waals surface area contributed by atoms with Gasteiger partial charge in [-0.3, -0.25) is 4.79 Å². The van der Waals surface area contributed by atoms with Crippen molar-refractivity contribution >= 4 is 17.2 Å². The zero-order valence-corrected chi connectivity index (χ0v) is 9.80. The van der Waals surface area contributed by atoms with Crippen molar-refractivity contribution in [3.63, 3.8) is 0 Å². The van der Waals surface area contributed by atoms with Crippen LogP contribution in [0.2, 0.25) is 0 Å². The van der Waals surface area contributed by atoms with Crippen LogP contribution in [-0.2, 0) is 4.79 Å². The van der Waals surface area contributed by atoms with Crippen LogP contribution in [0.15, 0.2) is 16.8 Å². The van der Waals surface area contributed by atoms with Crippen molar-refractivity contribution in [3.05, 3.63) is 22.4 Å². The summed E-state index contributed by atoms with van der Waals surface area (Å²) in [7, 11) is 0. The van der Waals surface area contributed by atoms with Gasteiger partial charge >= 0.3 is 0 Å². The fourth-order valence-corrected chi connectivity index (χ4v) is 2.51. The fraction of sp³-hybridized carbons (Fsp3) is 0.545. The molecule has 1 amide bonds. The summed E-state index contributed by atoms with van der Waals surface area (Å²) in [5.74, 6) is 0.130. The van der Waals surface area contributed by atoms with Crippen molar-refractivity contribution < 1.29 is 9.90 Å². The van der Waals surface area contributed by atoms with E-state index in [9.17, 15) is 9.90 Å². The number of amides is 1. The molecule has 2 rings (SSSR count). The number of aliphatic hydroxyl groups is 1. The molecule has 2 heterocycles. The zero-order valence-electron chi connectivity index (χ0n) is 8.98. The summed E-state index contributed by atoms with van der Waals surface area (Å²) in [5, 5.41) is 19.8. The summed E-state index contributed by atoms with van der Waals surface area (Å²) in [4.78, 5) is 11.0. The van der Waals surface area contributed by atoms with E-state index < -0.39 is 6.10 Å². The lowest BCUT2D eigenvalue weighted by Crippen LogP contribution is -2.37. The van der Waals surface area contributed by atoms with Crippen LogP contribution in [0.1, 0.15) is 24.5 Å². The van der Waals surface area contributed by atoms with E-state index in [2.05, 4.69) is 10.6 Å². The Morgan fingerprint density at radius 1 is 1.69 bits per heavy atom. The molecule has 1 aliphatic heterocycles. The molecule has 0 aromatic carbocycles. The van der Waals surface area contributed by atoms with E-state index in [-0.39, 0.29) is 11.9 Å². The first-order valence-electron chi connectivity index (χ1n) is 5.46. The van der Waals surface area contributed by atoms with Crippen LogP contribution < -0.4 is 10.6 Å². The molecular formula is C11H16N2O2S. The van der Waals surface area contributed by atoms with Crippen LogP contribution in [0.3, 0.4) is 0 Å². The second-order valence-corrected chi connectivity index (χ2v) is 4.81. The molecule has 3 N–H and O–H groups in total. The van der Waals surface area contributed by atoms with Gasteiger partial charge in [0.2, 0.25) is 5.91 Å². The predicted octanol–water partition coefficient (Wildman–Crippen LogP) is 0.650. The molecule has 0 bridgehead atoms. The van der Waals surface area contributed by atoms with Crippen LogP contribution in [0.5, 0.6) is 0 Å². The summed E-state index contributed by atoms with van der Waals surface area (Å²) in [6, 6.07) is 2.15. The molecular weight excluding hydrogens is 224 g/mol. The molecule has 0 spiro atoms. The standard InChI is InChI=1S/C11H16N2O2S/c14-10(8-3-4-16-7-8)6-12-5-9-1-2-11(15)13-9/h3-4,7,9-10,12,14H,1-2,5-6H2,(H,13,15). The second-order valence-electron chi connectivity index (χ2n) is 4.03. The molecule has 1 aromatic rings. The van der Waals surface area contributed by atoms with Crippen molar-refractivity contribution in [1.82, 2.24) is 10.6 Å². The van der Waals surface area contributed by atoms with Crippen LogP contribution in [-0.4, -0.2) is 30.1 Å². The highest BCUT2D eigenvalue weighted by atomic mass is 32.1. The quantitative estimate of drug-likeness (QED) is 0.708. The third kappa shape index (κ3) is 3.04. The van der Waals surface area contributed by atoms with Gasteiger partial charge in [-0.05, 0) is 28.8 Å². The number of rotatable bonds is 5. The van der Waals surface area contributed by atoms with Gasteiger partial charge in [-0.15, -0.1) is 0 Å². The van der Waals surface area contributed by atoms with Gasteiger partial charge in [0.05, 0.1) is 6.10 Å². The highest BCUT2D eigenvalue weighted by Gasteiger charge is 2.20. The maximum atomic E-state index is 11.0. The van der Waals surface area contributed by atoms with E-state index in [1.54, 1.807) is 11.3 Å². The highest BCUT2D eigenvalue weighted by molar-refractivity contribution is 7.07. The summed E-state index contributed by atoms with van der Waals surface area (Å²) in [6.45, 7) is 1.26. The minimum Gasteiger partial charge on any atom is -0.387 e. The highest BCUT2D eigenvalue weighted by Crippen LogP contribution is 2.15. The van der Waals surface area contributed by atoms with Crippen LogP contribution in [0, 0.1) is 0 Å². The number of carbonyl (C=O) groups is 1. The SMILES string of the molecule is O=C1CCC(CNCC(O)c2ccsc2)N1. The normalized spacial score (nSPS) is 22.1. The van der Waals surface area contributed by atoms with Gasteiger partial charge in [0.1, 0.15) is 0 Å². The smallest absolute Gasteiger partial charge is 0.220 e. The van der Waals surface area contributed by atoms with E-state index in [0.717, 1.165) is 18.5 Å². The molecule has 0 radical (unpaired) electrons. The predicted molar refractivity (Wildman–Crippen MR) is 63.3 cm³/mol. The molecule has 1 fully saturated rings.